The molecule has 0 saturated carbocycles. The van der Waals surface area contributed by atoms with Gasteiger partial charge in [-0.1, -0.05) is 42.0 Å². The molecular weight excluding hydrogens is 272 g/mol. The van der Waals surface area contributed by atoms with Crippen molar-refractivity contribution in [3.8, 4) is 11.3 Å². The van der Waals surface area contributed by atoms with Gasteiger partial charge in [-0.25, -0.2) is 0 Å². The summed E-state index contributed by atoms with van der Waals surface area (Å²) in [6.45, 7) is 5.44. The van der Waals surface area contributed by atoms with Gasteiger partial charge in [0.1, 0.15) is 5.69 Å². The largest absolute Gasteiger partial charge is 0.367 e. The van der Waals surface area contributed by atoms with Crippen molar-refractivity contribution in [2.45, 2.75) is 13.8 Å². The first-order valence-electron chi connectivity index (χ1n) is 7.47. The molecule has 0 atom stereocenters. The third kappa shape index (κ3) is 2.65. The van der Waals surface area contributed by atoms with Crippen LogP contribution in [0.5, 0.6) is 0 Å². The maximum absolute atomic E-state index is 5.57. The van der Waals surface area contributed by atoms with Crippen LogP contribution in [0.1, 0.15) is 11.1 Å². The van der Waals surface area contributed by atoms with Crippen LogP contribution in [0.15, 0.2) is 42.5 Å². The third-order valence-electron chi connectivity index (χ3n) is 3.77. The number of nitrogens with zero attached hydrogens (tertiary/aromatic N) is 2. The fourth-order valence-corrected chi connectivity index (χ4v) is 2.61. The number of aryl methyl sites for hydroxylation is 2. The molecule has 0 radical (unpaired) electrons. The molecule has 0 bridgehead atoms. The summed E-state index contributed by atoms with van der Waals surface area (Å²) in [7, 11) is 0. The first kappa shape index (κ1) is 14.5. The number of anilines is 1. The number of rotatable bonds is 4. The Morgan fingerprint density at radius 2 is 1.77 bits per heavy atom. The van der Waals surface area contributed by atoms with Crippen molar-refractivity contribution in [2.24, 2.45) is 5.73 Å². The van der Waals surface area contributed by atoms with Gasteiger partial charge in [0, 0.05) is 29.4 Å². The molecule has 1 aromatic heterocycles. The second kappa shape index (κ2) is 6.12. The van der Waals surface area contributed by atoms with E-state index >= 15 is 0 Å². The van der Waals surface area contributed by atoms with Crippen LogP contribution in [-0.4, -0.2) is 23.3 Å². The Bertz CT molecular complexity index is 811. The predicted octanol–water partition coefficient (Wildman–Crippen LogP) is 3.28. The molecule has 22 heavy (non-hydrogen) atoms. The van der Waals surface area contributed by atoms with Crippen LogP contribution >= 0.6 is 0 Å². The summed E-state index contributed by atoms with van der Waals surface area (Å²) in [6, 6.07) is 14.6. The van der Waals surface area contributed by atoms with Crippen LogP contribution in [0.3, 0.4) is 0 Å². The normalized spacial score (nSPS) is 10.9. The lowest BCUT2D eigenvalue weighted by Gasteiger charge is -2.12. The van der Waals surface area contributed by atoms with E-state index in [2.05, 4.69) is 59.7 Å². The van der Waals surface area contributed by atoms with Crippen molar-refractivity contribution in [3.63, 3.8) is 0 Å². The summed E-state index contributed by atoms with van der Waals surface area (Å²) in [4.78, 5) is 0. The molecule has 3 aromatic rings. The molecule has 0 aliphatic carbocycles. The number of aromatic nitrogens is 2. The van der Waals surface area contributed by atoms with Crippen LogP contribution in [0.2, 0.25) is 0 Å². The minimum atomic E-state index is 0.564. The molecule has 0 saturated heterocycles. The molecule has 4 heteroatoms. The molecule has 3 N–H and O–H groups in total. The molecule has 0 spiro atoms. The van der Waals surface area contributed by atoms with Gasteiger partial charge in [0.25, 0.3) is 0 Å². The molecule has 3 rings (SSSR count). The highest BCUT2D eigenvalue weighted by Crippen LogP contribution is 2.31. The topological polar surface area (TPSA) is 63.8 Å². The molecule has 0 unspecified atom stereocenters. The second-order valence-electron chi connectivity index (χ2n) is 5.48. The van der Waals surface area contributed by atoms with Crippen LogP contribution in [-0.2, 0) is 0 Å². The van der Waals surface area contributed by atoms with Gasteiger partial charge in [-0.05, 0) is 25.5 Å². The summed E-state index contributed by atoms with van der Waals surface area (Å²) in [6.07, 6.45) is 0. The average molecular weight is 292 g/mol. The summed E-state index contributed by atoms with van der Waals surface area (Å²) >= 11 is 0. The highest BCUT2D eigenvalue weighted by Gasteiger charge is 2.12. The number of hydrogen-bond acceptors (Lipinski definition) is 4. The summed E-state index contributed by atoms with van der Waals surface area (Å²) in [5.74, 6) is 0.787. The van der Waals surface area contributed by atoms with Crippen LogP contribution in [0, 0.1) is 13.8 Å². The van der Waals surface area contributed by atoms with Gasteiger partial charge < -0.3 is 11.1 Å². The molecular formula is C18H20N4. The van der Waals surface area contributed by atoms with Crippen molar-refractivity contribution >= 4 is 16.6 Å². The molecule has 0 fully saturated rings. The smallest absolute Gasteiger partial charge is 0.156 e. The zero-order valence-electron chi connectivity index (χ0n) is 12.9. The Labute approximate surface area is 130 Å². The zero-order chi connectivity index (χ0) is 15.5. The van der Waals surface area contributed by atoms with Crippen molar-refractivity contribution in [2.75, 3.05) is 18.4 Å². The maximum atomic E-state index is 5.57. The lowest BCUT2D eigenvalue weighted by molar-refractivity contribution is 0.983. The highest BCUT2D eigenvalue weighted by atomic mass is 15.2. The van der Waals surface area contributed by atoms with Crippen LogP contribution in [0.4, 0.5) is 5.82 Å². The predicted molar refractivity (Wildman–Crippen MR) is 92.0 cm³/mol. The standard InChI is InChI=1S/C18H20N4/c1-12-7-8-13(2)16(11-12)17-14-5-3-4-6-15(14)18(22-21-17)20-10-9-19/h3-8,11H,9-10,19H2,1-2H3,(H,20,22). The summed E-state index contributed by atoms with van der Waals surface area (Å²) in [5, 5.41) is 14.3. The Morgan fingerprint density at radius 3 is 2.55 bits per heavy atom. The average Bonchev–Trinajstić information content (AvgIpc) is 2.55. The number of benzene rings is 2. The van der Waals surface area contributed by atoms with Gasteiger partial charge in [-0.15, -0.1) is 10.2 Å². The summed E-state index contributed by atoms with van der Waals surface area (Å²) < 4.78 is 0. The van der Waals surface area contributed by atoms with E-state index in [-0.39, 0.29) is 0 Å². The van der Waals surface area contributed by atoms with E-state index in [1.54, 1.807) is 0 Å². The number of nitrogens with two attached hydrogens (primary N) is 1. The van der Waals surface area contributed by atoms with Crippen molar-refractivity contribution in [1.82, 2.24) is 10.2 Å². The third-order valence-corrected chi connectivity index (χ3v) is 3.77. The fraction of sp³-hybridized carbons (Fsp3) is 0.222. The SMILES string of the molecule is Cc1ccc(C)c(-c2nnc(NCCN)c3ccccc23)c1. The Balaban J connectivity index is 2.21. The van der Waals surface area contributed by atoms with E-state index in [9.17, 15) is 0 Å². The number of fused-ring (bicyclic) bond motifs is 1. The van der Waals surface area contributed by atoms with Gasteiger partial charge >= 0.3 is 0 Å². The Morgan fingerprint density at radius 1 is 1.00 bits per heavy atom. The van der Waals surface area contributed by atoms with Crippen molar-refractivity contribution < 1.29 is 0 Å². The molecule has 2 aromatic carbocycles. The molecule has 0 amide bonds. The monoisotopic (exact) mass is 292 g/mol. The van der Waals surface area contributed by atoms with Gasteiger partial charge in [-0.3, -0.25) is 0 Å². The molecule has 0 aliphatic rings. The Kier molecular flexibility index (Phi) is 4.02. The van der Waals surface area contributed by atoms with E-state index in [1.807, 2.05) is 12.1 Å². The lowest BCUT2D eigenvalue weighted by atomic mass is 9.99. The van der Waals surface area contributed by atoms with Crippen LogP contribution in [0.25, 0.3) is 22.0 Å². The Hall–Kier alpha value is -2.46. The van der Waals surface area contributed by atoms with Gasteiger partial charge in [0.15, 0.2) is 5.82 Å². The first-order valence-corrected chi connectivity index (χ1v) is 7.47. The number of hydrogen-bond donors (Lipinski definition) is 2. The highest BCUT2D eigenvalue weighted by molar-refractivity contribution is 6.00. The van der Waals surface area contributed by atoms with Gasteiger partial charge in [0.2, 0.25) is 0 Å². The molecule has 0 aliphatic heterocycles. The minimum Gasteiger partial charge on any atom is -0.367 e. The number of nitrogens with one attached hydrogen (secondary N) is 1. The molecule has 1 heterocycles. The minimum absolute atomic E-state index is 0.564. The second-order valence-corrected chi connectivity index (χ2v) is 5.48. The fourth-order valence-electron chi connectivity index (χ4n) is 2.61. The van der Waals surface area contributed by atoms with Crippen LogP contribution < -0.4 is 11.1 Å². The van der Waals surface area contributed by atoms with Crippen molar-refractivity contribution in [3.05, 3.63) is 53.6 Å². The van der Waals surface area contributed by atoms with E-state index in [4.69, 9.17) is 5.73 Å². The van der Waals surface area contributed by atoms with E-state index < -0.39 is 0 Å². The zero-order valence-corrected chi connectivity index (χ0v) is 12.9. The quantitative estimate of drug-likeness (QED) is 0.774. The van der Waals surface area contributed by atoms with E-state index in [1.165, 1.54) is 11.1 Å². The lowest BCUT2D eigenvalue weighted by Crippen LogP contribution is -2.14. The van der Waals surface area contributed by atoms with Gasteiger partial charge in [0.05, 0.1) is 0 Å². The van der Waals surface area contributed by atoms with Gasteiger partial charge in [-0.2, -0.15) is 0 Å². The maximum Gasteiger partial charge on any atom is 0.156 e. The summed E-state index contributed by atoms with van der Waals surface area (Å²) in [5.41, 5.74) is 10.0. The van der Waals surface area contributed by atoms with E-state index in [0.717, 1.165) is 27.8 Å². The first-order chi connectivity index (χ1) is 10.7. The van der Waals surface area contributed by atoms with E-state index in [0.29, 0.717) is 13.1 Å². The molecule has 112 valence electrons. The van der Waals surface area contributed by atoms with Crippen molar-refractivity contribution in [1.29, 1.82) is 0 Å². The molecule has 4 nitrogen and oxygen atoms in total.